The molecule has 8 heteroatoms. The maximum Gasteiger partial charge on any atom is 0.261 e. The van der Waals surface area contributed by atoms with Crippen molar-refractivity contribution in [2.45, 2.75) is 24.3 Å². The predicted octanol–water partition coefficient (Wildman–Crippen LogP) is 5.63. The molecule has 0 aromatic heterocycles. The second-order valence-electron chi connectivity index (χ2n) is 9.29. The van der Waals surface area contributed by atoms with E-state index in [1.807, 2.05) is 42.5 Å². The first-order valence-electron chi connectivity index (χ1n) is 12.3. The number of rotatable bonds is 7. The van der Waals surface area contributed by atoms with Crippen molar-refractivity contribution in [1.82, 2.24) is 4.90 Å². The number of hydrogen-bond acceptors (Lipinski definition) is 4. The normalized spacial score (nSPS) is 14.9. The summed E-state index contributed by atoms with van der Waals surface area (Å²) in [4.78, 5) is 15.1. The second-order valence-corrected chi connectivity index (χ2v) is 11.0. The molecule has 0 radical (unpaired) electrons. The van der Waals surface area contributed by atoms with E-state index in [2.05, 4.69) is 14.9 Å². The largest absolute Gasteiger partial charge is 0.326 e. The number of sulfonamides is 1. The molecule has 5 rings (SSSR count). The molecule has 1 saturated heterocycles. The molecule has 0 unspecified atom stereocenters. The third-order valence-electron chi connectivity index (χ3n) is 6.78. The van der Waals surface area contributed by atoms with Crippen LogP contribution >= 0.6 is 0 Å². The van der Waals surface area contributed by atoms with Crippen LogP contribution in [-0.4, -0.2) is 32.3 Å². The summed E-state index contributed by atoms with van der Waals surface area (Å²) in [5.41, 5.74) is 1.72. The lowest BCUT2D eigenvalue weighted by atomic mass is 9.95. The van der Waals surface area contributed by atoms with E-state index in [1.54, 1.807) is 30.3 Å². The number of amides is 1. The van der Waals surface area contributed by atoms with Gasteiger partial charge in [0.15, 0.2) is 0 Å². The van der Waals surface area contributed by atoms with Crippen LogP contribution in [0.4, 0.5) is 15.8 Å². The highest BCUT2D eigenvalue weighted by Crippen LogP contribution is 2.27. The van der Waals surface area contributed by atoms with Crippen molar-refractivity contribution in [1.29, 1.82) is 0 Å². The van der Waals surface area contributed by atoms with Crippen molar-refractivity contribution in [2.24, 2.45) is 5.92 Å². The highest BCUT2D eigenvalue weighted by molar-refractivity contribution is 7.92. The fourth-order valence-corrected chi connectivity index (χ4v) is 5.78. The molecule has 37 heavy (non-hydrogen) atoms. The first-order valence-corrected chi connectivity index (χ1v) is 13.7. The fraction of sp³-hybridized carbons (Fsp3) is 0.207. The fourth-order valence-electron chi connectivity index (χ4n) is 4.70. The van der Waals surface area contributed by atoms with Gasteiger partial charge in [0.2, 0.25) is 5.91 Å². The third kappa shape index (κ3) is 5.81. The molecule has 6 nitrogen and oxygen atoms in total. The minimum atomic E-state index is -3.80. The summed E-state index contributed by atoms with van der Waals surface area (Å²) in [5, 5.41) is 4.67. The Kier molecular flexibility index (Phi) is 7.21. The molecule has 1 heterocycles. The monoisotopic (exact) mass is 517 g/mol. The van der Waals surface area contributed by atoms with Gasteiger partial charge in [-0.2, -0.15) is 0 Å². The van der Waals surface area contributed by atoms with Gasteiger partial charge in [-0.15, -0.1) is 0 Å². The smallest absolute Gasteiger partial charge is 0.261 e. The van der Waals surface area contributed by atoms with E-state index in [0.29, 0.717) is 49.4 Å². The van der Waals surface area contributed by atoms with Crippen LogP contribution in [0.25, 0.3) is 10.8 Å². The standard InChI is InChI=1S/C29H28FN3O3S/c30-27-10-4-2-7-23(27)20-33-18-16-22(17-19-33)29(34)31-24-12-14-25(15-13-24)37(35,36)32-28-11-5-8-21-6-1-3-9-26(21)28/h1-15,22,32H,16-20H2,(H,31,34). The summed E-state index contributed by atoms with van der Waals surface area (Å²) in [6.45, 7) is 1.95. The number of likely N-dealkylation sites (tertiary alicyclic amines) is 1. The highest BCUT2D eigenvalue weighted by atomic mass is 32.2. The van der Waals surface area contributed by atoms with Gasteiger partial charge in [0.25, 0.3) is 10.0 Å². The number of carbonyl (C=O) groups is 1. The SMILES string of the molecule is O=C(Nc1ccc(S(=O)(=O)Nc2cccc3ccccc23)cc1)C1CCN(Cc2ccccc2F)CC1. The number of nitrogens with one attached hydrogen (secondary N) is 2. The van der Waals surface area contributed by atoms with Crippen molar-refractivity contribution in [3.63, 3.8) is 0 Å². The Morgan fingerprint density at radius 1 is 0.865 bits per heavy atom. The predicted molar refractivity (Wildman–Crippen MR) is 144 cm³/mol. The van der Waals surface area contributed by atoms with Crippen molar-refractivity contribution >= 4 is 38.1 Å². The molecular weight excluding hydrogens is 489 g/mol. The zero-order valence-electron chi connectivity index (χ0n) is 20.2. The summed E-state index contributed by atoms with van der Waals surface area (Å²) in [5.74, 6) is -0.441. The minimum Gasteiger partial charge on any atom is -0.326 e. The van der Waals surface area contributed by atoms with Crippen LogP contribution < -0.4 is 10.0 Å². The van der Waals surface area contributed by atoms with E-state index in [4.69, 9.17) is 0 Å². The first-order chi connectivity index (χ1) is 17.9. The average Bonchev–Trinajstić information content (AvgIpc) is 2.91. The molecule has 0 aliphatic carbocycles. The molecule has 4 aromatic rings. The van der Waals surface area contributed by atoms with Gasteiger partial charge in [-0.05, 0) is 67.7 Å². The summed E-state index contributed by atoms with van der Waals surface area (Å²) in [6, 6.07) is 26.0. The van der Waals surface area contributed by atoms with Gasteiger partial charge >= 0.3 is 0 Å². The topological polar surface area (TPSA) is 78.5 Å². The lowest BCUT2D eigenvalue weighted by Crippen LogP contribution is -2.37. The third-order valence-corrected chi connectivity index (χ3v) is 8.16. The Labute approximate surface area is 216 Å². The molecule has 0 spiro atoms. The molecule has 1 fully saturated rings. The summed E-state index contributed by atoms with van der Waals surface area (Å²) >= 11 is 0. The van der Waals surface area contributed by atoms with Crippen LogP contribution in [0.15, 0.2) is 95.9 Å². The number of piperidine rings is 1. The average molecular weight is 518 g/mol. The lowest BCUT2D eigenvalue weighted by Gasteiger charge is -2.31. The van der Waals surface area contributed by atoms with Crippen LogP contribution in [0.2, 0.25) is 0 Å². The van der Waals surface area contributed by atoms with Crippen molar-refractivity contribution in [2.75, 3.05) is 23.1 Å². The summed E-state index contributed by atoms with van der Waals surface area (Å²) in [7, 11) is -3.80. The van der Waals surface area contributed by atoms with E-state index in [1.165, 1.54) is 18.2 Å². The Bertz CT molecular complexity index is 1510. The first kappa shape index (κ1) is 24.9. The van der Waals surface area contributed by atoms with E-state index in [9.17, 15) is 17.6 Å². The van der Waals surface area contributed by atoms with Gasteiger partial charge in [-0.25, -0.2) is 12.8 Å². The zero-order chi connectivity index (χ0) is 25.8. The highest BCUT2D eigenvalue weighted by Gasteiger charge is 2.25. The van der Waals surface area contributed by atoms with Gasteiger partial charge < -0.3 is 5.32 Å². The summed E-state index contributed by atoms with van der Waals surface area (Å²) < 4.78 is 42.6. The van der Waals surface area contributed by atoms with Gasteiger partial charge in [0.05, 0.1) is 10.6 Å². The maximum atomic E-state index is 13.9. The van der Waals surface area contributed by atoms with Crippen LogP contribution in [0.3, 0.4) is 0 Å². The number of hydrogen-bond donors (Lipinski definition) is 2. The van der Waals surface area contributed by atoms with Crippen molar-refractivity contribution in [3.8, 4) is 0 Å². The molecule has 0 saturated carbocycles. The number of halogens is 1. The van der Waals surface area contributed by atoms with Gasteiger partial charge in [-0.1, -0.05) is 54.6 Å². The van der Waals surface area contributed by atoms with Gasteiger partial charge in [0, 0.05) is 29.1 Å². The number of fused-ring (bicyclic) bond motifs is 1. The molecule has 0 bridgehead atoms. The van der Waals surface area contributed by atoms with E-state index in [0.717, 1.165) is 10.8 Å². The molecule has 190 valence electrons. The summed E-state index contributed by atoms with van der Waals surface area (Å²) in [6.07, 6.45) is 1.36. The van der Waals surface area contributed by atoms with Gasteiger partial charge in [-0.3, -0.25) is 14.4 Å². The molecular formula is C29H28FN3O3S. The second kappa shape index (κ2) is 10.7. The molecule has 0 atom stereocenters. The van der Waals surface area contributed by atoms with E-state index < -0.39 is 10.0 Å². The van der Waals surface area contributed by atoms with E-state index in [-0.39, 0.29) is 22.5 Å². The van der Waals surface area contributed by atoms with Crippen molar-refractivity contribution < 1.29 is 17.6 Å². The van der Waals surface area contributed by atoms with Crippen LogP contribution in [0.5, 0.6) is 0 Å². The van der Waals surface area contributed by atoms with Crippen LogP contribution in [0.1, 0.15) is 18.4 Å². The van der Waals surface area contributed by atoms with Crippen molar-refractivity contribution in [3.05, 3.63) is 102 Å². The Morgan fingerprint density at radius 2 is 1.54 bits per heavy atom. The Balaban J connectivity index is 1.18. The number of benzene rings is 4. The molecule has 4 aromatic carbocycles. The Hall–Kier alpha value is -3.75. The number of carbonyl (C=O) groups excluding carboxylic acids is 1. The number of nitrogens with zero attached hydrogens (tertiary/aromatic N) is 1. The lowest BCUT2D eigenvalue weighted by molar-refractivity contribution is -0.121. The van der Waals surface area contributed by atoms with E-state index >= 15 is 0 Å². The minimum absolute atomic E-state index is 0.0879. The van der Waals surface area contributed by atoms with Crippen LogP contribution in [-0.2, 0) is 21.4 Å². The molecule has 1 amide bonds. The quantitative estimate of drug-likeness (QED) is 0.333. The number of anilines is 2. The van der Waals surface area contributed by atoms with Gasteiger partial charge in [0.1, 0.15) is 5.82 Å². The molecule has 1 aliphatic heterocycles. The van der Waals surface area contributed by atoms with Crippen LogP contribution in [0, 0.1) is 11.7 Å². The maximum absolute atomic E-state index is 13.9. The molecule has 1 aliphatic rings. The Morgan fingerprint density at radius 3 is 2.30 bits per heavy atom. The molecule has 2 N–H and O–H groups in total. The zero-order valence-corrected chi connectivity index (χ0v) is 21.0.